The zero-order valence-electron chi connectivity index (χ0n) is 15.5. The molecule has 2 heterocycles. The first kappa shape index (κ1) is 18.5. The summed E-state index contributed by atoms with van der Waals surface area (Å²) in [5.74, 6) is 0. The lowest BCUT2D eigenvalue weighted by atomic mass is 9.79. The molecule has 5 nitrogen and oxygen atoms in total. The summed E-state index contributed by atoms with van der Waals surface area (Å²) in [5.41, 5.74) is -0.386. The van der Waals surface area contributed by atoms with Gasteiger partial charge in [-0.2, -0.15) is 0 Å². The minimum atomic E-state index is -0.433. The summed E-state index contributed by atoms with van der Waals surface area (Å²) in [6.45, 7) is 13.6. The number of rotatable bonds is 4. The lowest BCUT2D eigenvalue weighted by Gasteiger charge is -2.44. The Morgan fingerprint density at radius 2 is 2.09 bits per heavy atom. The largest absolute Gasteiger partial charge is 0.444 e. The number of ether oxygens (including phenoxy) is 2. The third-order valence-corrected chi connectivity index (χ3v) is 4.76. The Balaban J connectivity index is 1.78. The van der Waals surface area contributed by atoms with Gasteiger partial charge in [0.1, 0.15) is 5.60 Å². The average molecular weight is 326 g/mol. The summed E-state index contributed by atoms with van der Waals surface area (Å²) in [6.07, 6.45) is 4.70. The van der Waals surface area contributed by atoms with Gasteiger partial charge in [-0.3, -0.25) is 0 Å². The van der Waals surface area contributed by atoms with Gasteiger partial charge in [0.15, 0.2) is 0 Å². The first-order valence-electron chi connectivity index (χ1n) is 9.00. The van der Waals surface area contributed by atoms with Crippen molar-refractivity contribution in [1.82, 2.24) is 10.2 Å². The van der Waals surface area contributed by atoms with Crippen LogP contribution in [0, 0.1) is 5.41 Å². The lowest BCUT2D eigenvalue weighted by molar-refractivity contribution is 0.00189. The van der Waals surface area contributed by atoms with Crippen molar-refractivity contribution in [3.8, 4) is 0 Å². The molecule has 0 aromatic carbocycles. The van der Waals surface area contributed by atoms with Gasteiger partial charge in [0, 0.05) is 25.7 Å². The van der Waals surface area contributed by atoms with Crippen LogP contribution in [0.5, 0.6) is 0 Å². The van der Waals surface area contributed by atoms with E-state index in [2.05, 4.69) is 19.2 Å². The van der Waals surface area contributed by atoms with Crippen LogP contribution >= 0.6 is 0 Å². The summed E-state index contributed by atoms with van der Waals surface area (Å²) in [6, 6.07) is 0.433. The Bertz CT molecular complexity index is 398. The topological polar surface area (TPSA) is 50.8 Å². The highest BCUT2D eigenvalue weighted by atomic mass is 16.6. The van der Waals surface area contributed by atoms with Crippen molar-refractivity contribution < 1.29 is 14.3 Å². The molecule has 0 aromatic rings. The molecule has 0 aliphatic carbocycles. The summed E-state index contributed by atoms with van der Waals surface area (Å²) in [7, 11) is 0. The highest BCUT2D eigenvalue weighted by Crippen LogP contribution is 2.30. The molecule has 0 aromatic heterocycles. The van der Waals surface area contributed by atoms with Gasteiger partial charge in [0.25, 0.3) is 0 Å². The van der Waals surface area contributed by atoms with Crippen molar-refractivity contribution in [1.29, 1.82) is 0 Å². The first-order chi connectivity index (χ1) is 10.7. The molecule has 0 spiro atoms. The molecule has 5 heteroatoms. The van der Waals surface area contributed by atoms with Crippen molar-refractivity contribution in [2.45, 2.75) is 78.0 Å². The summed E-state index contributed by atoms with van der Waals surface area (Å²) < 4.78 is 11.2. The second-order valence-corrected chi connectivity index (χ2v) is 8.61. The number of hydrogen-bond donors (Lipinski definition) is 1. The molecule has 2 fully saturated rings. The van der Waals surface area contributed by atoms with Crippen LogP contribution in [-0.4, -0.2) is 55.0 Å². The Morgan fingerprint density at radius 1 is 1.35 bits per heavy atom. The van der Waals surface area contributed by atoms with Crippen LogP contribution in [0.25, 0.3) is 0 Å². The molecule has 0 unspecified atom stereocenters. The van der Waals surface area contributed by atoms with Crippen LogP contribution in [0.3, 0.4) is 0 Å². The highest BCUT2D eigenvalue weighted by molar-refractivity contribution is 5.68. The third-order valence-electron chi connectivity index (χ3n) is 4.76. The number of carbonyl (C=O) groups is 1. The monoisotopic (exact) mass is 326 g/mol. The second kappa shape index (κ2) is 7.39. The minimum absolute atomic E-state index is 0.0473. The Hall–Kier alpha value is -0.810. The van der Waals surface area contributed by atoms with Gasteiger partial charge in [0.2, 0.25) is 0 Å². The van der Waals surface area contributed by atoms with E-state index in [4.69, 9.17) is 9.47 Å². The molecule has 134 valence electrons. The molecule has 1 amide bonds. The number of piperidine rings is 1. The quantitative estimate of drug-likeness (QED) is 0.862. The lowest BCUT2D eigenvalue weighted by Crippen LogP contribution is -2.56. The number of nitrogens with one attached hydrogen (secondary N) is 1. The molecule has 0 bridgehead atoms. The number of carbonyl (C=O) groups excluding carboxylic acids is 1. The maximum absolute atomic E-state index is 12.3. The van der Waals surface area contributed by atoms with Crippen LogP contribution in [0.4, 0.5) is 4.79 Å². The zero-order chi connectivity index (χ0) is 17.1. The molecule has 0 radical (unpaired) electrons. The SMILES string of the molecule is CC(C)(C)OC(=O)N1CC[C@@H](NCC[C@H]2CCCO2)C(C)(C)C1. The van der Waals surface area contributed by atoms with Crippen molar-refractivity contribution in [3.63, 3.8) is 0 Å². The molecule has 2 aliphatic heterocycles. The van der Waals surface area contributed by atoms with Crippen LogP contribution < -0.4 is 5.32 Å². The van der Waals surface area contributed by atoms with E-state index in [9.17, 15) is 4.79 Å². The van der Waals surface area contributed by atoms with E-state index in [1.54, 1.807) is 0 Å². The van der Waals surface area contributed by atoms with Crippen molar-refractivity contribution in [3.05, 3.63) is 0 Å². The fraction of sp³-hybridized carbons (Fsp3) is 0.944. The van der Waals surface area contributed by atoms with E-state index in [0.717, 1.165) is 39.1 Å². The second-order valence-electron chi connectivity index (χ2n) is 8.61. The molecule has 23 heavy (non-hydrogen) atoms. The predicted molar refractivity (Wildman–Crippen MR) is 91.6 cm³/mol. The third kappa shape index (κ3) is 5.64. The minimum Gasteiger partial charge on any atom is -0.444 e. The zero-order valence-corrected chi connectivity index (χ0v) is 15.5. The van der Waals surface area contributed by atoms with Crippen LogP contribution in [0.1, 0.15) is 60.3 Å². The summed E-state index contributed by atoms with van der Waals surface area (Å²) in [5, 5.41) is 3.69. The van der Waals surface area contributed by atoms with Gasteiger partial charge in [-0.15, -0.1) is 0 Å². The van der Waals surface area contributed by atoms with E-state index < -0.39 is 5.60 Å². The average Bonchev–Trinajstić information content (AvgIpc) is 2.91. The standard InChI is InChI=1S/C18H34N2O3/c1-17(2,3)23-16(21)20-11-9-15(18(4,5)13-20)19-10-8-14-7-6-12-22-14/h14-15,19H,6-13H2,1-5H3/t14-,15-/m1/s1. The van der Waals surface area contributed by atoms with Crippen LogP contribution in [0.2, 0.25) is 0 Å². The van der Waals surface area contributed by atoms with Crippen molar-refractivity contribution in [2.24, 2.45) is 5.41 Å². The van der Waals surface area contributed by atoms with Crippen LogP contribution in [0.15, 0.2) is 0 Å². The molecule has 1 N–H and O–H groups in total. The molecule has 0 saturated carbocycles. The van der Waals surface area contributed by atoms with Crippen molar-refractivity contribution in [2.75, 3.05) is 26.2 Å². The smallest absolute Gasteiger partial charge is 0.410 e. The Morgan fingerprint density at radius 3 is 2.65 bits per heavy atom. The first-order valence-corrected chi connectivity index (χ1v) is 9.00. The van der Waals surface area contributed by atoms with Gasteiger partial charge in [-0.1, -0.05) is 13.8 Å². The van der Waals surface area contributed by atoms with Gasteiger partial charge in [-0.05, 0) is 58.4 Å². The number of nitrogens with zero attached hydrogens (tertiary/aromatic N) is 1. The van der Waals surface area contributed by atoms with Crippen molar-refractivity contribution >= 4 is 6.09 Å². The predicted octanol–water partition coefficient (Wildman–Crippen LogP) is 3.18. The summed E-state index contributed by atoms with van der Waals surface area (Å²) >= 11 is 0. The molecule has 2 rings (SSSR count). The molecular weight excluding hydrogens is 292 g/mol. The van der Waals surface area contributed by atoms with E-state index >= 15 is 0 Å². The normalized spacial score (nSPS) is 28.0. The van der Waals surface area contributed by atoms with Crippen LogP contribution in [-0.2, 0) is 9.47 Å². The molecule has 2 saturated heterocycles. The maximum Gasteiger partial charge on any atom is 0.410 e. The van der Waals surface area contributed by atoms with E-state index in [1.807, 2.05) is 25.7 Å². The van der Waals surface area contributed by atoms with Gasteiger partial charge >= 0.3 is 6.09 Å². The molecular formula is C18H34N2O3. The number of likely N-dealkylation sites (tertiary alicyclic amines) is 1. The van der Waals surface area contributed by atoms with Gasteiger partial charge < -0.3 is 19.7 Å². The maximum atomic E-state index is 12.3. The van der Waals surface area contributed by atoms with Gasteiger partial charge in [-0.25, -0.2) is 4.79 Å². The highest BCUT2D eigenvalue weighted by Gasteiger charge is 2.38. The fourth-order valence-electron chi connectivity index (χ4n) is 3.51. The van der Waals surface area contributed by atoms with E-state index in [0.29, 0.717) is 12.1 Å². The molecule has 2 atom stereocenters. The number of amides is 1. The van der Waals surface area contributed by atoms with E-state index in [1.165, 1.54) is 12.8 Å². The molecule has 2 aliphatic rings. The Labute approximate surface area is 141 Å². The van der Waals surface area contributed by atoms with E-state index in [-0.39, 0.29) is 11.5 Å². The number of hydrogen-bond acceptors (Lipinski definition) is 4. The fourth-order valence-corrected chi connectivity index (χ4v) is 3.51. The Kier molecular flexibility index (Phi) is 5.95. The summed E-state index contributed by atoms with van der Waals surface area (Å²) in [4.78, 5) is 14.1. The van der Waals surface area contributed by atoms with Gasteiger partial charge in [0.05, 0.1) is 6.10 Å².